The second-order valence-electron chi connectivity index (χ2n) is 8.13. The third kappa shape index (κ3) is 2.77. The van der Waals surface area contributed by atoms with Crippen LogP contribution in [0.15, 0.2) is 64.3 Å². The average Bonchev–Trinajstić information content (AvgIpc) is 3.10. The lowest BCUT2D eigenvalue weighted by Crippen LogP contribution is -2.21. The van der Waals surface area contributed by atoms with Gasteiger partial charge in [0.15, 0.2) is 11.5 Å². The maximum absolute atomic E-state index is 12.6. The summed E-state index contributed by atoms with van der Waals surface area (Å²) in [4.78, 5) is 25.5. The molecular weight excluding hydrogens is 378 g/mol. The van der Waals surface area contributed by atoms with E-state index in [1.807, 2.05) is 0 Å². The van der Waals surface area contributed by atoms with E-state index >= 15 is 0 Å². The topological polar surface area (TPSA) is 86.7 Å². The highest BCUT2D eigenvalue weighted by Gasteiger charge is 2.55. The zero-order valence-corrected chi connectivity index (χ0v) is 16.4. The molecule has 0 amide bonds. The lowest BCUT2D eigenvalue weighted by atomic mass is 9.99. The second-order valence-corrected chi connectivity index (χ2v) is 8.13. The quantitative estimate of drug-likeness (QED) is 0.525. The summed E-state index contributed by atoms with van der Waals surface area (Å²) in [5.74, 6) is 2.49. The van der Waals surface area contributed by atoms with Crippen LogP contribution in [0.3, 0.4) is 0 Å². The van der Waals surface area contributed by atoms with E-state index < -0.39 is 0 Å². The number of rotatable bonds is 4. The summed E-state index contributed by atoms with van der Waals surface area (Å²) in [5, 5.41) is 4.67. The summed E-state index contributed by atoms with van der Waals surface area (Å²) >= 11 is 0. The fourth-order valence-electron chi connectivity index (χ4n) is 4.59. The van der Waals surface area contributed by atoms with Crippen LogP contribution in [0, 0.1) is 18.8 Å². The predicted molar refractivity (Wildman–Crippen MR) is 111 cm³/mol. The Morgan fingerprint density at radius 3 is 2.97 bits per heavy atom. The van der Waals surface area contributed by atoms with Crippen LogP contribution in [-0.4, -0.2) is 24.7 Å². The minimum absolute atomic E-state index is 0.165. The average molecular weight is 397 g/mol. The molecule has 2 aliphatic carbocycles. The molecule has 3 atom stereocenters. The highest BCUT2D eigenvalue weighted by molar-refractivity contribution is 5.72. The largest absolute Gasteiger partial charge is 0.337 e. The van der Waals surface area contributed by atoms with Gasteiger partial charge in [-0.05, 0) is 48.4 Å². The minimum atomic E-state index is -0.165. The molecule has 2 aliphatic rings. The van der Waals surface area contributed by atoms with Gasteiger partial charge in [-0.3, -0.25) is 9.36 Å². The Bertz CT molecular complexity index is 1370. The van der Waals surface area contributed by atoms with Gasteiger partial charge in [-0.25, -0.2) is 9.97 Å². The van der Waals surface area contributed by atoms with E-state index in [1.165, 1.54) is 27.6 Å². The Balaban J connectivity index is 1.20. The number of hydrogen-bond acceptors (Lipinski definition) is 6. The molecule has 1 aromatic carbocycles. The molecule has 0 N–H and O–H groups in total. The van der Waals surface area contributed by atoms with E-state index in [0.717, 1.165) is 12.2 Å². The molecule has 1 saturated carbocycles. The van der Waals surface area contributed by atoms with Crippen molar-refractivity contribution in [1.82, 2.24) is 24.7 Å². The molecule has 3 aromatic heterocycles. The smallest absolute Gasteiger partial charge is 0.263 e. The number of aryl methyl sites for hydroxylation is 1. The molecule has 0 aliphatic heterocycles. The Labute approximate surface area is 172 Å². The van der Waals surface area contributed by atoms with E-state index in [-0.39, 0.29) is 12.1 Å². The van der Waals surface area contributed by atoms with Crippen LogP contribution in [0.1, 0.15) is 35.2 Å². The Hall–Kier alpha value is -3.61. The molecule has 148 valence electrons. The molecule has 1 fully saturated rings. The standard InChI is InChI=1S/C23H19N5O2/c1-13-4-2-5-14(8-13)15-9-17-18(10-15)20(17)22-26-19(30-27-22)11-28-12-25-21-16(23(28)29)6-3-7-24-21/h2-9,12,17-18,20H,10-11H2,1H3/t17-,18+,20+/m1/s1. The van der Waals surface area contributed by atoms with E-state index in [9.17, 15) is 4.79 Å². The van der Waals surface area contributed by atoms with Crippen LogP contribution < -0.4 is 5.56 Å². The molecule has 7 nitrogen and oxygen atoms in total. The van der Waals surface area contributed by atoms with Crippen LogP contribution in [0.25, 0.3) is 16.6 Å². The maximum atomic E-state index is 12.6. The third-order valence-corrected chi connectivity index (χ3v) is 6.15. The molecule has 0 spiro atoms. The van der Waals surface area contributed by atoms with Gasteiger partial charge in [-0.1, -0.05) is 41.1 Å². The van der Waals surface area contributed by atoms with Crippen molar-refractivity contribution in [2.45, 2.75) is 25.8 Å². The fourth-order valence-corrected chi connectivity index (χ4v) is 4.59. The SMILES string of the molecule is Cc1cccc(C2=C[C@@H]3[C@H](C2)[C@H]3c2noc(Cn3cnc4ncccc4c3=O)n2)c1. The lowest BCUT2D eigenvalue weighted by molar-refractivity contribution is 0.364. The predicted octanol–water partition coefficient (Wildman–Crippen LogP) is 3.35. The summed E-state index contributed by atoms with van der Waals surface area (Å²) in [6.07, 6.45) is 6.51. The number of nitrogens with zero attached hydrogens (tertiary/aromatic N) is 5. The summed E-state index contributed by atoms with van der Waals surface area (Å²) in [6, 6.07) is 12.1. The second kappa shape index (κ2) is 6.45. The Kier molecular flexibility index (Phi) is 3.71. The van der Waals surface area contributed by atoms with E-state index in [1.54, 1.807) is 18.3 Å². The first-order valence-electron chi connectivity index (χ1n) is 10.1. The summed E-state index contributed by atoms with van der Waals surface area (Å²) in [7, 11) is 0. The zero-order valence-electron chi connectivity index (χ0n) is 16.4. The van der Waals surface area contributed by atoms with Gasteiger partial charge in [0.25, 0.3) is 5.56 Å². The number of benzene rings is 1. The van der Waals surface area contributed by atoms with Gasteiger partial charge in [0.1, 0.15) is 12.9 Å². The first-order chi connectivity index (χ1) is 14.7. The summed E-state index contributed by atoms with van der Waals surface area (Å²) in [5.41, 5.74) is 4.28. The monoisotopic (exact) mass is 397 g/mol. The van der Waals surface area contributed by atoms with Crippen molar-refractivity contribution in [2.75, 3.05) is 0 Å². The van der Waals surface area contributed by atoms with Crippen molar-refractivity contribution in [3.05, 3.63) is 88.2 Å². The van der Waals surface area contributed by atoms with Crippen molar-refractivity contribution in [3.8, 4) is 0 Å². The number of allylic oxidation sites excluding steroid dienone is 2. The highest BCUT2D eigenvalue weighted by Crippen LogP contribution is 2.62. The number of pyridine rings is 1. The van der Waals surface area contributed by atoms with Crippen LogP contribution >= 0.6 is 0 Å². The fraction of sp³-hybridized carbons (Fsp3) is 0.261. The van der Waals surface area contributed by atoms with Gasteiger partial charge in [-0.2, -0.15) is 4.98 Å². The van der Waals surface area contributed by atoms with Gasteiger partial charge in [-0.15, -0.1) is 0 Å². The number of hydrogen-bond donors (Lipinski definition) is 0. The van der Waals surface area contributed by atoms with Crippen LogP contribution in [-0.2, 0) is 6.54 Å². The molecule has 30 heavy (non-hydrogen) atoms. The lowest BCUT2D eigenvalue weighted by Gasteiger charge is -2.06. The van der Waals surface area contributed by atoms with Crippen molar-refractivity contribution >= 4 is 16.6 Å². The van der Waals surface area contributed by atoms with Crippen molar-refractivity contribution in [3.63, 3.8) is 0 Å². The Morgan fingerprint density at radius 1 is 1.20 bits per heavy atom. The number of aromatic nitrogens is 5. The molecule has 0 radical (unpaired) electrons. The highest BCUT2D eigenvalue weighted by atomic mass is 16.5. The molecule has 0 unspecified atom stereocenters. The number of fused-ring (bicyclic) bond motifs is 2. The molecule has 0 saturated heterocycles. The van der Waals surface area contributed by atoms with Crippen LogP contribution in [0.2, 0.25) is 0 Å². The molecule has 0 bridgehead atoms. The van der Waals surface area contributed by atoms with Crippen molar-refractivity contribution in [1.29, 1.82) is 0 Å². The first-order valence-corrected chi connectivity index (χ1v) is 10.1. The summed E-state index contributed by atoms with van der Waals surface area (Å²) in [6.45, 7) is 2.33. The van der Waals surface area contributed by atoms with Gasteiger partial charge in [0.05, 0.1) is 5.39 Å². The van der Waals surface area contributed by atoms with Crippen LogP contribution in [0.4, 0.5) is 0 Å². The van der Waals surface area contributed by atoms with E-state index in [2.05, 4.69) is 57.4 Å². The van der Waals surface area contributed by atoms with Crippen molar-refractivity contribution in [2.24, 2.45) is 11.8 Å². The van der Waals surface area contributed by atoms with Gasteiger partial charge in [0, 0.05) is 12.1 Å². The van der Waals surface area contributed by atoms with Crippen LogP contribution in [0.5, 0.6) is 0 Å². The third-order valence-electron chi connectivity index (χ3n) is 6.15. The maximum Gasteiger partial charge on any atom is 0.263 e. The van der Waals surface area contributed by atoms with E-state index in [0.29, 0.717) is 34.7 Å². The van der Waals surface area contributed by atoms with E-state index in [4.69, 9.17) is 4.52 Å². The zero-order chi connectivity index (χ0) is 20.2. The molecule has 4 aromatic rings. The minimum Gasteiger partial charge on any atom is -0.337 e. The Morgan fingerprint density at radius 2 is 2.13 bits per heavy atom. The first kappa shape index (κ1) is 17.3. The van der Waals surface area contributed by atoms with Gasteiger partial charge < -0.3 is 4.52 Å². The molecule has 7 heteroatoms. The van der Waals surface area contributed by atoms with Gasteiger partial charge in [0.2, 0.25) is 5.89 Å². The van der Waals surface area contributed by atoms with Gasteiger partial charge >= 0.3 is 0 Å². The molecule has 3 heterocycles. The molecular formula is C23H19N5O2. The molecule has 6 rings (SSSR count). The summed E-state index contributed by atoms with van der Waals surface area (Å²) < 4.78 is 6.92. The van der Waals surface area contributed by atoms with Crippen molar-refractivity contribution < 1.29 is 4.52 Å². The normalized spacial score (nSPS) is 22.2.